The molecule has 192 valence electrons. The predicted molar refractivity (Wildman–Crippen MR) is 149 cm³/mol. The molecule has 0 fully saturated rings. The fraction of sp³-hybridized carbons (Fsp3) is 0.935. The molecule has 0 rings (SSSR count). The molecule has 0 amide bonds. The number of allylic oxidation sites excluding steroid dienone is 2. The first-order chi connectivity index (χ1) is 15.7. The van der Waals surface area contributed by atoms with Crippen molar-refractivity contribution in [3.05, 3.63) is 12.2 Å². The first-order valence-electron chi connectivity index (χ1n) is 15.0. The van der Waals surface area contributed by atoms with Crippen LogP contribution in [0.3, 0.4) is 0 Å². The van der Waals surface area contributed by atoms with Crippen molar-refractivity contribution in [3.8, 4) is 0 Å². The minimum absolute atomic E-state index is 0.930. The molecule has 1 nitrogen and oxygen atoms in total. The van der Waals surface area contributed by atoms with Crippen LogP contribution in [-0.2, 0) is 0 Å². The molecule has 0 aliphatic carbocycles. The Labute approximate surface area is 205 Å². The average Bonchev–Trinajstić information content (AvgIpc) is 2.77. The fourth-order valence-electron chi connectivity index (χ4n) is 4.91. The molecule has 0 N–H and O–H groups in total. The van der Waals surface area contributed by atoms with E-state index < -0.39 is 0 Å². The van der Waals surface area contributed by atoms with Gasteiger partial charge in [-0.25, -0.2) is 0 Å². The highest BCUT2D eigenvalue weighted by Crippen LogP contribution is 2.20. The second-order valence-corrected chi connectivity index (χ2v) is 10.8. The first-order valence-corrected chi connectivity index (χ1v) is 15.0. The van der Waals surface area contributed by atoms with E-state index in [0.29, 0.717) is 0 Å². The van der Waals surface area contributed by atoms with Crippen LogP contribution in [0.25, 0.3) is 0 Å². The van der Waals surface area contributed by atoms with Gasteiger partial charge >= 0.3 is 0 Å². The third-order valence-corrected chi connectivity index (χ3v) is 6.96. The summed E-state index contributed by atoms with van der Waals surface area (Å²) >= 11 is 0. The Bertz CT molecular complexity index is 359. The molecule has 32 heavy (non-hydrogen) atoms. The zero-order valence-corrected chi connectivity index (χ0v) is 23.1. The number of hydrogen-bond donors (Lipinski definition) is 0. The van der Waals surface area contributed by atoms with Crippen LogP contribution in [-0.4, -0.2) is 25.5 Å². The molecule has 0 bridgehead atoms. The van der Waals surface area contributed by atoms with Crippen molar-refractivity contribution in [3.63, 3.8) is 0 Å². The van der Waals surface area contributed by atoms with Gasteiger partial charge in [0.15, 0.2) is 0 Å². The number of hydrogen-bond acceptors (Lipinski definition) is 1. The SMILES string of the molecule is CCCCCCC/C=C\CCCCCCCCCC(CCCCCCCCC)CN(C)C. The van der Waals surface area contributed by atoms with Gasteiger partial charge in [0.05, 0.1) is 0 Å². The molecule has 0 radical (unpaired) electrons. The average molecular weight is 450 g/mol. The normalized spacial score (nSPS) is 12.9. The quantitative estimate of drug-likeness (QED) is 0.0937. The van der Waals surface area contributed by atoms with E-state index in [0.717, 1.165) is 5.92 Å². The molecule has 0 heterocycles. The molecular formula is C31H63N. The lowest BCUT2D eigenvalue weighted by atomic mass is 9.93. The van der Waals surface area contributed by atoms with E-state index in [4.69, 9.17) is 0 Å². The van der Waals surface area contributed by atoms with E-state index in [1.807, 2.05) is 0 Å². The number of unbranched alkanes of at least 4 members (excludes halogenated alkanes) is 18. The van der Waals surface area contributed by atoms with Gasteiger partial charge in [-0.3, -0.25) is 0 Å². The second-order valence-electron chi connectivity index (χ2n) is 10.8. The summed E-state index contributed by atoms with van der Waals surface area (Å²) in [4.78, 5) is 2.41. The molecule has 0 saturated carbocycles. The van der Waals surface area contributed by atoms with Gasteiger partial charge < -0.3 is 4.90 Å². The molecule has 0 aliphatic rings. The summed E-state index contributed by atoms with van der Waals surface area (Å²) in [6.45, 7) is 5.89. The highest BCUT2D eigenvalue weighted by molar-refractivity contribution is 4.81. The van der Waals surface area contributed by atoms with Crippen molar-refractivity contribution in [2.75, 3.05) is 20.6 Å². The Balaban J connectivity index is 3.51. The molecule has 1 atom stereocenters. The minimum Gasteiger partial charge on any atom is -0.309 e. The highest BCUT2D eigenvalue weighted by Gasteiger charge is 2.09. The maximum absolute atomic E-state index is 2.44. The van der Waals surface area contributed by atoms with Crippen LogP contribution in [0.2, 0.25) is 0 Å². The van der Waals surface area contributed by atoms with Gasteiger partial charge in [-0.15, -0.1) is 0 Å². The van der Waals surface area contributed by atoms with Crippen molar-refractivity contribution in [2.24, 2.45) is 5.92 Å². The molecule has 0 aromatic carbocycles. The van der Waals surface area contributed by atoms with E-state index in [-0.39, 0.29) is 0 Å². The summed E-state index contributed by atoms with van der Waals surface area (Å²) in [5.41, 5.74) is 0. The van der Waals surface area contributed by atoms with Crippen LogP contribution < -0.4 is 0 Å². The van der Waals surface area contributed by atoms with Crippen LogP contribution in [0, 0.1) is 5.92 Å². The minimum atomic E-state index is 0.930. The Morgan fingerprint density at radius 1 is 0.469 bits per heavy atom. The molecule has 0 aliphatic heterocycles. The number of rotatable bonds is 26. The van der Waals surface area contributed by atoms with Gasteiger partial charge in [0.2, 0.25) is 0 Å². The van der Waals surface area contributed by atoms with Gasteiger partial charge in [-0.05, 0) is 58.5 Å². The summed E-state index contributed by atoms with van der Waals surface area (Å²) in [5.74, 6) is 0.930. The van der Waals surface area contributed by atoms with Crippen molar-refractivity contribution >= 4 is 0 Å². The van der Waals surface area contributed by atoms with E-state index >= 15 is 0 Å². The Kier molecular flexibility index (Phi) is 26.7. The summed E-state index contributed by atoms with van der Waals surface area (Å²) < 4.78 is 0. The molecule has 1 heteroatoms. The van der Waals surface area contributed by atoms with Crippen molar-refractivity contribution in [1.29, 1.82) is 0 Å². The third kappa shape index (κ3) is 26.0. The van der Waals surface area contributed by atoms with Gasteiger partial charge in [0.25, 0.3) is 0 Å². The summed E-state index contributed by atoms with van der Waals surface area (Å²) in [7, 11) is 4.50. The third-order valence-electron chi connectivity index (χ3n) is 6.96. The summed E-state index contributed by atoms with van der Waals surface area (Å²) in [6.07, 6.45) is 37.6. The van der Waals surface area contributed by atoms with Crippen molar-refractivity contribution in [2.45, 2.75) is 162 Å². The molecule has 1 unspecified atom stereocenters. The van der Waals surface area contributed by atoms with Crippen LogP contribution >= 0.6 is 0 Å². The second kappa shape index (κ2) is 26.9. The van der Waals surface area contributed by atoms with E-state index in [1.54, 1.807) is 0 Å². The van der Waals surface area contributed by atoms with Gasteiger partial charge in [-0.2, -0.15) is 0 Å². The monoisotopic (exact) mass is 449 g/mol. The Hall–Kier alpha value is -0.300. The van der Waals surface area contributed by atoms with E-state index in [2.05, 4.69) is 45.0 Å². The maximum Gasteiger partial charge on any atom is 0.000356 e. The van der Waals surface area contributed by atoms with Crippen molar-refractivity contribution < 1.29 is 0 Å². The molecule has 0 aromatic rings. The summed E-state index contributed by atoms with van der Waals surface area (Å²) in [6, 6.07) is 0. The predicted octanol–water partition coefficient (Wildman–Crippen LogP) is 10.7. The standard InChI is InChI=1S/C31H63N/c1-5-7-9-11-13-14-15-16-17-18-19-20-21-23-25-27-29-31(30-32(3)4)28-26-24-22-12-10-8-6-2/h15-16,31H,5-14,17-30H2,1-4H3/b16-15-. The highest BCUT2D eigenvalue weighted by atomic mass is 15.1. The van der Waals surface area contributed by atoms with Crippen LogP contribution in [0.5, 0.6) is 0 Å². The Morgan fingerprint density at radius 2 is 0.812 bits per heavy atom. The molecule has 0 aromatic heterocycles. The number of nitrogens with zero attached hydrogens (tertiary/aromatic N) is 1. The molecule has 0 spiro atoms. The Morgan fingerprint density at radius 3 is 1.19 bits per heavy atom. The zero-order valence-electron chi connectivity index (χ0n) is 23.1. The molecular weight excluding hydrogens is 386 g/mol. The van der Waals surface area contributed by atoms with E-state index in [9.17, 15) is 0 Å². The maximum atomic E-state index is 2.44. The fourth-order valence-corrected chi connectivity index (χ4v) is 4.91. The largest absolute Gasteiger partial charge is 0.309 e. The van der Waals surface area contributed by atoms with Gasteiger partial charge in [0.1, 0.15) is 0 Å². The lowest BCUT2D eigenvalue weighted by Gasteiger charge is -2.21. The van der Waals surface area contributed by atoms with Crippen LogP contribution in [0.15, 0.2) is 12.2 Å². The van der Waals surface area contributed by atoms with Gasteiger partial charge in [0, 0.05) is 6.54 Å². The smallest absolute Gasteiger partial charge is 0.000356 e. The van der Waals surface area contributed by atoms with Crippen LogP contribution in [0.4, 0.5) is 0 Å². The van der Waals surface area contributed by atoms with E-state index in [1.165, 1.54) is 154 Å². The lowest BCUT2D eigenvalue weighted by Crippen LogP contribution is -2.21. The zero-order chi connectivity index (χ0) is 23.5. The lowest BCUT2D eigenvalue weighted by molar-refractivity contribution is 0.286. The van der Waals surface area contributed by atoms with Gasteiger partial charge in [-0.1, -0.05) is 135 Å². The first kappa shape index (κ1) is 31.7. The molecule has 0 saturated heterocycles. The summed E-state index contributed by atoms with van der Waals surface area (Å²) in [5, 5.41) is 0. The van der Waals surface area contributed by atoms with Crippen molar-refractivity contribution in [1.82, 2.24) is 4.90 Å². The topological polar surface area (TPSA) is 3.24 Å². The van der Waals surface area contributed by atoms with Crippen LogP contribution in [0.1, 0.15) is 162 Å².